The number of ether oxygens (including phenoxy) is 3. The van der Waals surface area contributed by atoms with Gasteiger partial charge in [-0.05, 0) is 69.6 Å². The number of rotatable bonds is 6. The molecule has 4 bridgehead atoms. The lowest BCUT2D eigenvalue weighted by Gasteiger charge is -2.57. The van der Waals surface area contributed by atoms with Crippen molar-refractivity contribution in [2.75, 3.05) is 6.79 Å². The predicted octanol–water partition coefficient (Wildman–Crippen LogP) is 4.15. The Hall–Kier alpha value is -1.36. The fourth-order valence-electron chi connectivity index (χ4n) is 6.21. The van der Waals surface area contributed by atoms with Crippen LogP contribution in [0.2, 0.25) is 0 Å². The molecule has 2 unspecified atom stereocenters. The largest absolute Gasteiger partial charge is 0.458 e. The highest BCUT2D eigenvalue weighted by atomic mass is 16.7. The predicted molar refractivity (Wildman–Crippen MR) is 99.6 cm³/mol. The molecule has 5 rings (SSSR count). The molecule has 0 saturated heterocycles. The van der Waals surface area contributed by atoms with E-state index in [1.54, 1.807) is 6.92 Å². The highest BCUT2D eigenvalue weighted by Crippen LogP contribution is 2.61. The van der Waals surface area contributed by atoms with Crippen molar-refractivity contribution < 1.29 is 23.8 Å². The monoisotopic (exact) mass is 376 g/mol. The van der Waals surface area contributed by atoms with Gasteiger partial charge in [-0.3, -0.25) is 4.79 Å². The van der Waals surface area contributed by atoms with Gasteiger partial charge in [-0.2, -0.15) is 0 Å². The minimum absolute atomic E-state index is 0.0647. The minimum Gasteiger partial charge on any atom is -0.458 e. The quantitative estimate of drug-likeness (QED) is 0.396. The first kappa shape index (κ1) is 19.0. The van der Waals surface area contributed by atoms with Crippen molar-refractivity contribution in [1.29, 1.82) is 0 Å². The van der Waals surface area contributed by atoms with Gasteiger partial charge in [0.25, 0.3) is 0 Å². The van der Waals surface area contributed by atoms with Crippen LogP contribution >= 0.6 is 0 Å². The molecule has 5 heteroatoms. The molecule has 0 aromatic carbocycles. The Bertz CT molecular complexity index is 590. The molecule has 5 fully saturated rings. The first-order valence-electron chi connectivity index (χ1n) is 10.6. The van der Waals surface area contributed by atoms with Crippen LogP contribution in [0.25, 0.3) is 0 Å². The van der Waals surface area contributed by atoms with Gasteiger partial charge in [-0.25, -0.2) is 4.79 Å². The Morgan fingerprint density at radius 1 is 1.04 bits per heavy atom. The van der Waals surface area contributed by atoms with Gasteiger partial charge in [-0.1, -0.05) is 25.8 Å². The average molecular weight is 376 g/mol. The normalized spacial score (nSPS) is 37.8. The molecule has 27 heavy (non-hydrogen) atoms. The van der Waals surface area contributed by atoms with E-state index in [0.717, 1.165) is 44.9 Å². The first-order chi connectivity index (χ1) is 13.0. The maximum absolute atomic E-state index is 13.0. The summed E-state index contributed by atoms with van der Waals surface area (Å²) in [5.74, 6) is 0.694. The summed E-state index contributed by atoms with van der Waals surface area (Å²) in [5, 5.41) is 0. The van der Waals surface area contributed by atoms with Gasteiger partial charge in [-0.15, -0.1) is 0 Å². The Labute approximate surface area is 161 Å². The Morgan fingerprint density at radius 3 is 2.33 bits per heavy atom. The van der Waals surface area contributed by atoms with Crippen LogP contribution in [0.3, 0.4) is 0 Å². The summed E-state index contributed by atoms with van der Waals surface area (Å²) in [6, 6.07) is 0. The van der Waals surface area contributed by atoms with E-state index in [9.17, 15) is 9.59 Å². The number of carbonyl (C=O) groups is 2. The van der Waals surface area contributed by atoms with Gasteiger partial charge < -0.3 is 14.2 Å². The Kier molecular flexibility index (Phi) is 5.32. The third kappa shape index (κ3) is 3.80. The molecule has 0 radical (unpaired) electrons. The van der Waals surface area contributed by atoms with Gasteiger partial charge in [0.1, 0.15) is 6.10 Å². The van der Waals surface area contributed by atoms with Crippen molar-refractivity contribution in [2.45, 2.75) is 83.3 Å². The van der Waals surface area contributed by atoms with Gasteiger partial charge in [0.15, 0.2) is 6.79 Å². The van der Waals surface area contributed by atoms with Crippen molar-refractivity contribution in [3.63, 3.8) is 0 Å². The lowest BCUT2D eigenvalue weighted by Crippen LogP contribution is -2.57. The summed E-state index contributed by atoms with van der Waals surface area (Å²) in [6.07, 6.45) is 10.6. The summed E-state index contributed by atoms with van der Waals surface area (Å²) in [7, 11) is 0. The van der Waals surface area contributed by atoms with Crippen molar-refractivity contribution in [2.24, 2.45) is 23.2 Å². The molecule has 0 heterocycles. The van der Waals surface area contributed by atoms with E-state index >= 15 is 0 Å². The molecule has 0 aliphatic heterocycles. The van der Waals surface area contributed by atoms with Crippen molar-refractivity contribution in [1.82, 2.24) is 0 Å². The number of hydrogen-bond donors (Lipinski definition) is 0. The van der Waals surface area contributed by atoms with Crippen LogP contribution in [-0.4, -0.2) is 30.9 Å². The summed E-state index contributed by atoms with van der Waals surface area (Å²) in [5.41, 5.74) is 0.0521. The highest BCUT2D eigenvalue weighted by Gasteiger charge is 2.60. The zero-order valence-electron chi connectivity index (χ0n) is 16.4. The van der Waals surface area contributed by atoms with E-state index in [1.165, 1.54) is 19.3 Å². The van der Waals surface area contributed by atoms with Gasteiger partial charge in [0.05, 0.1) is 11.5 Å². The molecular weight excluding hydrogens is 344 g/mol. The molecule has 5 saturated carbocycles. The molecule has 5 nitrogen and oxygen atoms in total. The molecule has 0 aromatic heterocycles. The molecular formula is C22H32O5. The topological polar surface area (TPSA) is 61.8 Å². The summed E-state index contributed by atoms with van der Waals surface area (Å²) >= 11 is 0. The SMILES string of the molecule is C=C(C)C(=O)OC1C2CC3CC1CC(C(=O)OCOC1CCCCC1)(C3)C2. The molecule has 0 amide bonds. The third-order valence-electron chi connectivity index (χ3n) is 7.26. The van der Waals surface area contributed by atoms with Crippen LogP contribution in [0.15, 0.2) is 12.2 Å². The smallest absolute Gasteiger partial charge is 0.333 e. The standard InChI is InChI=1S/C22H32O5/c1-14(2)20(23)27-19-16-8-15-9-17(19)12-22(10-15,11-16)21(24)26-13-25-18-6-4-3-5-7-18/h15-19H,1,3-13H2,2H3. The molecule has 0 N–H and O–H groups in total. The van der Waals surface area contributed by atoms with E-state index in [4.69, 9.17) is 14.2 Å². The van der Waals surface area contributed by atoms with Gasteiger partial charge in [0, 0.05) is 5.57 Å². The van der Waals surface area contributed by atoms with Crippen LogP contribution < -0.4 is 0 Å². The molecule has 0 spiro atoms. The van der Waals surface area contributed by atoms with E-state index in [0.29, 0.717) is 11.5 Å². The second-order valence-corrected chi connectivity index (χ2v) is 9.38. The number of hydrogen-bond acceptors (Lipinski definition) is 5. The summed E-state index contributed by atoms with van der Waals surface area (Å²) in [4.78, 5) is 25.0. The summed E-state index contributed by atoms with van der Waals surface area (Å²) < 4.78 is 17.2. The van der Waals surface area contributed by atoms with E-state index in [2.05, 4.69) is 6.58 Å². The van der Waals surface area contributed by atoms with E-state index in [1.807, 2.05) is 0 Å². The lowest BCUT2D eigenvalue weighted by molar-refractivity contribution is -0.203. The summed E-state index contributed by atoms with van der Waals surface area (Å²) in [6.45, 7) is 5.46. The van der Waals surface area contributed by atoms with Crippen molar-refractivity contribution in [3.05, 3.63) is 12.2 Å². The van der Waals surface area contributed by atoms with E-state index in [-0.39, 0.29) is 42.8 Å². The molecule has 5 aliphatic rings. The zero-order valence-corrected chi connectivity index (χ0v) is 16.4. The van der Waals surface area contributed by atoms with Crippen LogP contribution in [0, 0.1) is 23.2 Å². The first-order valence-corrected chi connectivity index (χ1v) is 10.6. The third-order valence-corrected chi connectivity index (χ3v) is 7.26. The molecule has 5 aliphatic carbocycles. The average Bonchev–Trinajstić information content (AvgIpc) is 2.64. The van der Waals surface area contributed by atoms with Crippen molar-refractivity contribution >= 4 is 11.9 Å². The fraction of sp³-hybridized carbons (Fsp3) is 0.818. The zero-order chi connectivity index (χ0) is 19.0. The van der Waals surface area contributed by atoms with E-state index < -0.39 is 5.41 Å². The fourth-order valence-corrected chi connectivity index (χ4v) is 6.21. The Balaban J connectivity index is 1.34. The molecule has 150 valence electrons. The Morgan fingerprint density at radius 2 is 1.70 bits per heavy atom. The van der Waals surface area contributed by atoms with Crippen LogP contribution in [0.4, 0.5) is 0 Å². The lowest BCUT2D eigenvalue weighted by atomic mass is 9.48. The minimum atomic E-state index is -0.390. The van der Waals surface area contributed by atoms with Gasteiger partial charge >= 0.3 is 11.9 Å². The number of esters is 2. The van der Waals surface area contributed by atoms with Crippen LogP contribution in [-0.2, 0) is 23.8 Å². The second kappa shape index (κ2) is 7.57. The van der Waals surface area contributed by atoms with Crippen LogP contribution in [0.1, 0.15) is 71.1 Å². The number of carbonyl (C=O) groups excluding carboxylic acids is 2. The second-order valence-electron chi connectivity index (χ2n) is 9.38. The van der Waals surface area contributed by atoms with Crippen molar-refractivity contribution in [3.8, 4) is 0 Å². The maximum Gasteiger partial charge on any atom is 0.333 e. The molecule has 2 atom stereocenters. The highest BCUT2D eigenvalue weighted by molar-refractivity contribution is 5.87. The van der Waals surface area contributed by atoms with Crippen LogP contribution in [0.5, 0.6) is 0 Å². The maximum atomic E-state index is 13.0. The molecule has 0 aromatic rings. The van der Waals surface area contributed by atoms with Gasteiger partial charge in [0.2, 0.25) is 0 Å².